The number of halogens is 2. The van der Waals surface area contributed by atoms with Crippen LogP contribution < -0.4 is 0 Å². The van der Waals surface area contributed by atoms with Crippen LogP contribution >= 0.6 is 12.6 Å². The molecule has 1 unspecified atom stereocenters. The van der Waals surface area contributed by atoms with Gasteiger partial charge in [-0.3, -0.25) is 0 Å². The predicted octanol–water partition coefficient (Wildman–Crippen LogP) is 2.31. The minimum atomic E-state index is -3.49. The molecular formula is C12H18F2O5S. The summed E-state index contributed by atoms with van der Waals surface area (Å²) in [7, 11) is 0. The molecule has 0 saturated heterocycles. The van der Waals surface area contributed by atoms with Gasteiger partial charge in [0.1, 0.15) is 6.61 Å². The molecule has 0 aliphatic heterocycles. The van der Waals surface area contributed by atoms with Crippen LogP contribution in [0.25, 0.3) is 0 Å². The van der Waals surface area contributed by atoms with E-state index >= 15 is 0 Å². The molecule has 1 atom stereocenters. The Kier molecular flexibility index (Phi) is 6.63. The molecule has 0 rings (SSSR count). The lowest BCUT2D eigenvalue weighted by atomic mass is 10.3. The maximum absolute atomic E-state index is 12.7. The second-order valence-electron chi connectivity index (χ2n) is 4.52. The molecule has 0 bridgehead atoms. The highest BCUT2D eigenvalue weighted by atomic mass is 32.1. The molecule has 0 spiro atoms. The average molecular weight is 312 g/mol. The van der Waals surface area contributed by atoms with Crippen molar-refractivity contribution < 1.29 is 32.6 Å². The Bertz CT molecular complexity index is 392. The molecule has 0 saturated carbocycles. The largest absolute Gasteiger partial charge is 0.458 e. The highest BCUT2D eigenvalue weighted by molar-refractivity contribution is 7.81. The molecule has 0 aromatic rings. The van der Waals surface area contributed by atoms with E-state index in [2.05, 4.69) is 19.2 Å². The van der Waals surface area contributed by atoms with Gasteiger partial charge in [-0.2, -0.15) is 8.78 Å². The summed E-state index contributed by atoms with van der Waals surface area (Å²) in [6.45, 7) is 7.53. The van der Waals surface area contributed by atoms with Gasteiger partial charge in [0, 0.05) is 12.5 Å². The molecular weight excluding hydrogens is 294 g/mol. The number of carbonyl (C=O) groups is 2. The van der Waals surface area contributed by atoms with Crippen molar-refractivity contribution in [1.29, 1.82) is 0 Å². The molecule has 5 nitrogen and oxygen atoms in total. The zero-order valence-corrected chi connectivity index (χ0v) is 12.6. The lowest BCUT2D eigenvalue weighted by Gasteiger charge is -2.29. The summed E-state index contributed by atoms with van der Waals surface area (Å²) >= 11 is 2.97. The zero-order valence-electron chi connectivity index (χ0n) is 11.7. The number of ether oxygens (including phenoxy) is 3. The first-order valence-electron chi connectivity index (χ1n) is 5.71. The van der Waals surface area contributed by atoms with Gasteiger partial charge in [-0.05, 0) is 20.8 Å². The molecule has 0 N–H and O–H groups in total. The Labute approximate surface area is 121 Å². The Morgan fingerprint density at radius 1 is 1.35 bits per heavy atom. The summed E-state index contributed by atoms with van der Waals surface area (Å²) in [5.74, 6) is -4.36. The van der Waals surface area contributed by atoms with Crippen molar-refractivity contribution in [3.63, 3.8) is 0 Å². The SMILES string of the molecule is C=C(C)C(=O)OC(C)(OCC(F)(F)S)C(=O)OC(C)C. The average Bonchev–Trinajstić information content (AvgIpc) is 2.24. The van der Waals surface area contributed by atoms with Crippen molar-refractivity contribution in [2.24, 2.45) is 0 Å². The fourth-order valence-electron chi connectivity index (χ4n) is 0.940. The van der Waals surface area contributed by atoms with E-state index in [0.29, 0.717) is 0 Å². The van der Waals surface area contributed by atoms with E-state index in [1.54, 1.807) is 13.8 Å². The molecule has 0 aliphatic rings. The summed E-state index contributed by atoms with van der Waals surface area (Å²) in [6.07, 6.45) is -0.537. The van der Waals surface area contributed by atoms with E-state index in [0.717, 1.165) is 6.92 Å². The van der Waals surface area contributed by atoms with E-state index < -0.39 is 35.7 Å². The molecule has 116 valence electrons. The van der Waals surface area contributed by atoms with Crippen LogP contribution in [0.15, 0.2) is 12.2 Å². The Balaban J connectivity index is 5.06. The number of esters is 2. The first-order chi connectivity index (χ1) is 8.87. The minimum Gasteiger partial charge on any atom is -0.458 e. The quantitative estimate of drug-likeness (QED) is 0.338. The third-order valence-electron chi connectivity index (χ3n) is 1.87. The Hall–Kier alpha value is -1.15. The van der Waals surface area contributed by atoms with Gasteiger partial charge in [-0.1, -0.05) is 6.58 Å². The fourth-order valence-corrected chi connectivity index (χ4v) is 1.00. The van der Waals surface area contributed by atoms with Gasteiger partial charge in [0.05, 0.1) is 6.10 Å². The van der Waals surface area contributed by atoms with Crippen molar-refractivity contribution in [1.82, 2.24) is 0 Å². The Morgan fingerprint density at radius 3 is 2.20 bits per heavy atom. The van der Waals surface area contributed by atoms with E-state index in [1.807, 2.05) is 0 Å². The van der Waals surface area contributed by atoms with Gasteiger partial charge in [0.25, 0.3) is 0 Å². The van der Waals surface area contributed by atoms with Crippen LogP contribution in [-0.4, -0.2) is 35.7 Å². The third kappa shape index (κ3) is 6.85. The van der Waals surface area contributed by atoms with Crippen LogP contribution in [-0.2, 0) is 23.8 Å². The first kappa shape index (κ1) is 18.9. The number of rotatable bonds is 7. The standard InChI is InChI=1S/C12H18F2O5S/c1-7(2)9(15)19-11(5,10(16)18-8(3)4)17-6-12(13,14)20/h8,20H,1,6H2,2-5H3. The summed E-state index contributed by atoms with van der Waals surface area (Å²) in [5.41, 5.74) is -0.0187. The lowest BCUT2D eigenvalue weighted by molar-refractivity contribution is -0.245. The van der Waals surface area contributed by atoms with Gasteiger partial charge >= 0.3 is 23.0 Å². The van der Waals surface area contributed by atoms with E-state index in [4.69, 9.17) is 14.2 Å². The predicted molar refractivity (Wildman–Crippen MR) is 70.4 cm³/mol. The fraction of sp³-hybridized carbons (Fsp3) is 0.667. The van der Waals surface area contributed by atoms with Gasteiger partial charge < -0.3 is 14.2 Å². The van der Waals surface area contributed by atoms with Gasteiger partial charge in [-0.15, -0.1) is 12.6 Å². The van der Waals surface area contributed by atoms with Crippen LogP contribution in [0, 0.1) is 0 Å². The molecule has 0 heterocycles. The van der Waals surface area contributed by atoms with E-state index in [9.17, 15) is 18.4 Å². The molecule has 0 aromatic carbocycles. The topological polar surface area (TPSA) is 61.8 Å². The third-order valence-corrected chi connectivity index (χ3v) is 2.00. The van der Waals surface area contributed by atoms with Crippen LogP contribution in [0.5, 0.6) is 0 Å². The monoisotopic (exact) mass is 312 g/mol. The molecule has 0 fully saturated rings. The number of carbonyl (C=O) groups excluding carboxylic acids is 2. The highest BCUT2D eigenvalue weighted by Crippen LogP contribution is 2.24. The van der Waals surface area contributed by atoms with Crippen molar-refractivity contribution in [3.8, 4) is 0 Å². The van der Waals surface area contributed by atoms with Crippen LogP contribution in [0.1, 0.15) is 27.7 Å². The summed E-state index contributed by atoms with van der Waals surface area (Å²) in [4.78, 5) is 23.3. The van der Waals surface area contributed by atoms with Crippen LogP contribution in [0.2, 0.25) is 0 Å². The Morgan fingerprint density at radius 2 is 1.85 bits per heavy atom. The second kappa shape index (κ2) is 7.03. The zero-order chi connectivity index (χ0) is 16.1. The van der Waals surface area contributed by atoms with Crippen molar-refractivity contribution in [2.45, 2.75) is 44.8 Å². The van der Waals surface area contributed by atoms with Crippen molar-refractivity contribution in [3.05, 3.63) is 12.2 Å². The van der Waals surface area contributed by atoms with Gasteiger partial charge in [-0.25, -0.2) is 9.59 Å². The normalized spacial score (nSPS) is 14.6. The first-order valence-corrected chi connectivity index (χ1v) is 6.16. The highest BCUT2D eigenvalue weighted by Gasteiger charge is 2.43. The number of thiol groups is 1. The van der Waals surface area contributed by atoms with Crippen molar-refractivity contribution >= 4 is 24.6 Å². The molecule has 0 aliphatic carbocycles. The van der Waals surface area contributed by atoms with Crippen LogP contribution in [0.4, 0.5) is 8.78 Å². The van der Waals surface area contributed by atoms with Gasteiger partial charge in [0.2, 0.25) is 0 Å². The molecule has 20 heavy (non-hydrogen) atoms. The number of hydrogen-bond acceptors (Lipinski definition) is 6. The second-order valence-corrected chi connectivity index (χ2v) is 5.18. The van der Waals surface area contributed by atoms with Gasteiger partial charge in [0.15, 0.2) is 0 Å². The van der Waals surface area contributed by atoms with E-state index in [1.165, 1.54) is 6.92 Å². The molecule has 0 aromatic heterocycles. The summed E-state index contributed by atoms with van der Waals surface area (Å²) < 4.78 is 39.7. The van der Waals surface area contributed by atoms with Crippen molar-refractivity contribution in [2.75, 3.05) is 6.61 Å². The smallest absolute Gasteiger partial charge is 0.379 e. The summed E-state index contributed by atoms with van der Waals surface area (Å²) in [5, 5.41) is -3.49. The molecule has 0 radical (unpaired) electrons. The molecule has 0 amide bonds. The number of hydrogen-bond donors (Lipinski definition) is 1. The van der Waals surface area contributed by atoms with Crippen LogP contribution in [0.3, 0.4) is 0 Å². The van der Waals surface area contributed by atoms with E-state index in [-0.39, 0.29) is 5.57 Å². The molecule has 8 heteroatoms. The number of alkyl halides is 2. The maximum atomic E-state index is 12.7. The summed E-state index contributed by atoms with van der Waals surface area (Å²) in [6, 6.07) is 0. The lowest BCUT2D eigenvalue weighted by Crippen LogP contribution is -2.47. The maximum Gasteiger partial charge on any atom is 0.379 e. The minimum absolute atomic E-state index is 0.0187.